The molecule has 1 unspecified atom stereocenters. The third-order valence-corrected chi connectivity index (χ3v) is 3.62. The fraction of sp³-hybridized carbons (Fsp3) is 0.167. The number of benzene rings is 2. The number of rotatable bonds is 4. The maximum absolute atomic E-state index is 12.4. The van der Waals surface area contributed by atoms with E-state index >= 15 is 0 Å². The zero-order valence-corrected chi connectivity index (χ0v) is 11.5. The summed E-state index contributed by atoms with van der Waals surface area (Å²) in [6.45, 7) is 0. The van der Waals surface area contributed by atoms with E-state index in [0.717, 1.165) is 5.56 Å². The van der Waals surface area contributed by atoms with Gasteiger partial charge >= 0.3 is 0 Å². The first kappa shape index (κ1) is 13.6. The van der Waals surface area contributed by atoms with E-state index in [1.165, 1.54) is 6.26 Å². The number of hydrogen-bond donors (Lipinski definition) is 1. The molecule has 0 amide bonds. The monoisotopic (exact) mass is 280 g/mol. The Hall–Kier alpha value is -2.39. The van der Waals surface area contributed by atoms with Crippen LogP contribution in [-0.4, -0.2) is 5.11 Å². The summed E-state index contributed by atoms with van der Waals surface area (Å²) in [5.41, 5.74) is 1.85. The van der Waals surface area contributed by atoms with Gasteiger partial charge in [-0.05, 0) is 30.5 Å². The molecule has 1 N–H and O–H groups in total. The first-order valence-corrected chi connectivity index (χ1v) is 6.98. The number of aryl methyl sites for hydroxylation is 1. The van der Waals surface area contributed by atoms with Gasteiger partial charge in [0.05, 0.1) is 17.1 Å². The number of para-hydroxylation sites is 1. The topological polar surface area (TPSA) is 50.4 Å². The maximum Gasteiger partial charge on any atom is 0.198 e. The molecule has 3 aromatic rings. The maximum atomic E-state index is 12.4. The van der Waals surface area contributed by atoms with Gasteiger partial charge in [-0.1, -0.05) is 42.5 Å². The van der Waals surface area contributed by atoms with Crippen molar-refractivity contribution in [2.45, 2.75) is 18.9 Å². The van der Waals surface area contributed by atoms with Gasteiger partial charge in [-0.2, -0.15) is 0 Å². The standard InChI is InChI=1S/C18H16O3/c19-16(11-10-13-6-2-1-3-7-13)15-12-21-17-9-5-4-8-14(17)18(15)20/h1-9,12,16,19H,10-11H2. The van der Waals surface area contributed by atoms with Crippen LogP contribution in [0.1, 0.15) is 23.7 Å². The second kappa shape index (κ2) is 5.94. The molecule has 0 saturated heterocycles. The molecule has 3 heteroatoms. The molecule has 0 spiro atoms. The molecule has 0 aliphatic heterocycles. The highest BCUT2D eigenvalue weighted by atomic mass is 16.3. The molecule has 2 aromatic carbocycles. The average molecular weight is 280 g/mol. The number of aliphatic hydroxyl groups excluding tert-OH is 1. The minimum atomic E-state index is -0.814. The molecular formula is C18H16O3. The number of hydrogen-bond acceptors (Lipinski definition) is 3. The van der Waals surface area contributed by atoms with Crippen molar-refractivity contribution in [1.82, 2.24) is 0 Å². The number of fused-ring (bicyclic) bond motifs is 1. The smallest absolute Gasteiger partial charge is 0.198 e. The lowest BCUT2D eigenvalue weighted by atomic mass is 10.0. The van der Waals surface area contributed by atoms with Gasteiger partial charge in [0.15, 0.2) is 5.43 Å². The van der Waals surface area contributed by atoms with Crippen LogP contribution in [0.25, 0.3) is 11.0 Å². The van der Waals surface area contributed by atoms with Gasteiger partial charge in [-0.25, -0.2) is 0 Å². The van der Waals surface area contributed by atoms with E-state index < -0.39 is 6.10 Å². The largest absolute Gasteiger partial charge is 0.464 e. The zero-order chi connectivity index (χ0) is 14.7. The molecule has 0 saturated carbocycles. The summed E-state index contributed by atoms with van der Waals surface area (Å²) in [4.78, 5) is 12.4. The fourth-order valence-corrected chi connectivity index (χ4v) is 2.43. The van der Waals surface area contributed by atoms with Crippen molar-refractivity contribution in [2.75, 3.05) is 0 Å². The fourth-order valence-electron chi connectivity index (χ4n) is 2.43. The van der Waals surface area contributed by atoms with Crippen LogP contribution >= 0.6 is 0 Å². The second-order valence-electron chi connectivity index (χ2n) is 5.06. The Morgan fingerprint density at radius 1 is 1.00 bits per heavy atom. The Morgan fingerprint density at radius 3 is 2.52 bits per heavy atom. The van der Waals surface area contributed by atoms with E-state index in [1.54, 1.807) is 18.2 Å². The summed E-state index contributed by atoms with van der Waals surface area (Å²) in [6.07, 6.45) is 1.77. The first-order valence-electron chi connectivity index (χ1n) is 6.98. The van der Waals surface area contributed by atoms with Crippen molar-refractivity contribution in [1.29, 1.82) is 0 Å². The molecular weight excluding hydrogens is 264 g/mol. The Morgan fingerprint density at radius 2 is 1.71 bits per heavy atom. The normalized spacial score (nSPS) is 12.4. The van der Waals surface area contributed by atoms with Gasteiger partial charge in [0.1, 0.15) is 11.8 Å². The molecule has 3 rings (SSSR count). The Labute approximate surface area is 122 Å². The summed E-state index contributed by atoms with van der Waals surface area (Å²) in [5.74, 6) is 0. The lowest BCUT2D eigenvalue weighted by Gasteiger charge is -2.10. The molecule has 1 heterocycles. The van der Waals surface area contributed by atoms with Crippen molar-refractivity contribution in [3.63, 3.8) is 0 Å². The average Bonchev–Trinajstić information content (AvgIpc) is 2.54. The van der Waals surface area contributed by atoms with Crippen LogP contribution in [0.3, 0.4) is 0 Å². The highest BCUT2D eigenvalue weighted by Gasteiger charge is 2.15. The Kier molecular flexibility index (Phi) is 3.84. The van der Waals surface area contributed by atoms with E-state index in [2.05, 4.69) is 0 Å². The molecule has 0 aliphatic rings. The third-order valence-electron chi connectivity index (χ3n) is 3.62. The van der Waals surface area contributed by atoms with Crippen LogP contribution in [0, 0.1) is 0 Å². The van der Waals surface area contributed by atoms with Crippen LogP contribution in [0.2, 0.25) is 0 Å². The Bertz CT molecular complexity index is 790. The van der Waals surface area contributed by atoms with Crippen LogP contribution in [0.4, 0.5) is 0 Å². The van der Waals surface area contributed by atoms with E-state index in [0.29, 0.717) is 29.4 Å². The van der Waals surface area contributed by atoms with Crippen molar-refractivity contribution in [3.8, 4) is 0 Å². The minimum Gasteiger partial charge on any atom is -0.464 e. The van der Waals surface area contributed by atoms with Crippen LogP contribution in [0.5, 0.6) is 0 Å². The van der Waals surface area contributed by atoms with E-state index in [1.807, 2.05) is 36.4 Å². The molecule has 0 radical (unpaired) electrons. The molecule has 0 bridgehead atoms. The van der Waals surface area contributed by atoms with Gasteiger partial charge < -0.3 is 9.52 Å². The zero-order valence-electron chi connectivity index (χ0n) is 11.5. The van der Waals surface area contributed by atoms with Gasteiger partial charge in [0.25, 0.3) is 0 Å². The highest BCUT2D eigenvalue weighted by molar-refractivity contribution is 5.76. The van der Waals surface area contributed by atoms with Gasteiger partial charge in [-0.3, -0.25) is 4.79 Å². The summed E-state index contributed by atoms with van der Waals surface area (Å²) in [7, 11) is 0. The molecule has 21 heavy (non-hydrogen) atoms. The molecule has 1 atom stereocenters. The second-order valence-corrected chi connectivity index (χ2v) is 5.06. The van der Waals surface area contributed by atoms with Crippen molar-refractivity contribution >= 4 is 11.0 Å². The lowest BCUT2D eigenvalue weighted by Crippen LogP contribution is -2.13. The molecule has 0 aliphatic carbocycles. The van der Waals surface area contributed by atoms with Crippen molar-refractivity contribution < 1.29 is 9.52 Å². The van der Waals surface area contributed by atoms with Crippen molar-refractivity contribution in [2.24, 2.45) is 0 Å². The minimum absolute atomic E-state index is 0.155. The predicted molar refractivity (Wildman–Crippen MR) is 82.2 cm³/mol. The Balaban J connectivity index is 1.83. The molecule has 0 fully saturated rings. The van der Waals surface area contributed by atoms with Crippen LogP contribution in [-0.2, 0) is 6.42 Å². The van der Waals surface area contributed by atoms with E-state index in [-0.39, 0.29) is 5.43 Å². The van der Waals surface area contributed by atoms with Gasteiger partial charge in [-0.15, -0.1) is 0 Å². The third kappa shape index (κ3) is 2.88. The van der Waals surface area contributed by atoms with E-state index in [9.17, 15) is 9.90 Å². The molecule has 1 aromatic heterocycles. The number of aliphatic hydroxyl groups is 1. The summed E-state index contributed by atoms with van der Waals surface area (Å²) in [6, 6.07) is 17.0. The van der Waals surface area contributed by atoms with Gasteiger partial charge in [0.2, 0.25) is 0 Å². The first-order chi connectivity index (χ1) is 10.3. The van der Waals surface area contributed by atoms with Crippen LogP contribution < -0.4 is 5.43 Å². The summed E-state index contributed by atoms with van der Waals surface area (Å²) < 4.78 is 5.44. The SMILES string of the molecule is O=c1c(C(O)CCc2ccccc2)coc2ccccc12. The van der Waals surface area contributed by atoms with E-state index in [4.69, 9.17) is 4.42 Å². The molecule has 106 valence electrons. The van der Waals surface area contributed by atoms with Gasteiger partial charge in [0, 0.05) is 0 Å². The quantitative estimate of drug-likeness (QED) is 0.796. The summed E-state index contributed by atoms with van der Waals surface area (Å²) in [5, 5.41) is 10.8. The highest BCUT2D eigenvalue weighted by Crippen LogP contribution is 2.19. The summed E-state index contributed by atoms with van der Waals surface area (Å²) >= 11 is 0. The van der Waals surface area contributed by atoms with Crippen LogP contribution in [0.15, 0.2) is 70.1 Å². The molecule has 3 nitrogen and oxygen atoms in total. The predicted octanol–water partition coefficient (Wildman–Crippen LogP) is 3.46. The lowest BCUT2D eigenvalue weighted by molar-refractivity contribution is 0.164. The van der Waals surface area contributed by atoms with Crippen molar-refractivity contribution in [3.05, 3.63) is 82.2 Å².